The third kappa shape index (κ3) is 4.88. The van der Waals surface area contributed by atoms with E-state index in [1.165, 1.54) is 0 Å². The molecular weight excluding hydrogens is 342 g/mol. The Kier molecular flexibility index (Phi) is 5.83. The van der Waals surface area contributed by atoms with Gasteiger partial charge in [0.25, 0.3) is 0 Å². The van der Waals surface area contributed by atoms with Gasteiger partial charge in [0, 0.05) is 38.6 Å². The minimum atomic E-state index is -0.441. The van der Waals surface area contributed by atoms with Crippen LogP contribution in [0.2, 0.25) is 0 Å². The molecule has 0 unspecified atom stereocenters. The lowest BCUT2D eigenvalue weighted by Crippen LogP contribution is -2.44. The van der Waals surface area contributed by atoms with Gasteiger partial charge >= 0.3 is 6.09 Å². The van der Waals surface area contributed by atoms with Gasteiger partial charge in [-0.2, -0.15) is 5.26 Å². The number of hydrogen-bond donors (Lipinski definition) is 0. The number of likely N-dealkylation sites (tertiary alicyclic amines) is 1. The van der Waals surface area contributed by atoms with Gasteiger partial charge in [0.2, 0.25) is 0 Å². The quantitative estimate of drug-likeness (QED) is 0.794. The first-order chi connectivity index (χ1) is 12.9. The fourth-order valence-corrected chi connectivity index (χ4v) is 4.10. The standard InChI is InChI=1S/C20H29N5O2/c1-20(2,3)27-19(26)25-12-6-16(7-13-25)15-4-10-24(11-5-15)18-17(14-21)22-8-9-23-18/h8-9,15-16H,4-7,10-13H2,1-3H3. The van der Waals surface area contributed by atoms with Crippen molar-refractivity contribution in [2.24, 2.45) is 11.8 Å². The Morgan fingerprint density at radius 2 is 1.63 bits per heavy atom. The molecule has 2 saturated heterocycles. The summed E-state index contributed by atoms with van der Waals surface area (Å²) >= 11 is 0. The molecule has 2 aliphatic rings. The molecule has 0 N–H and O–H groups in total. The minimum absolute atomic E-state index is 0.192. The molecule has 0 atom stereocenters. The third-order valence-corrected chi connectivity index (χ3v) is 5.48. The molecule has 0 radical (unpaired) electrons. The van der Waals surface area contributed by atoms with Crippen LogP contribution in [-0.2, 0) is 4.74 Å². The van der Waals surface area contributed by atoms with Crippen molar-refractivity contribution in [2.75, 3.05) is 31.1 Å². The van der Waals surface area contributed by atoms with Crippen molar-refractivity contribution in [1.29, 1.82) is 5.26 Å². The lowest BCUT2D eigenvalue weighted by Gasteiger charge is -2.40. The first-order valence-electron chi connectivity index (χ1n) is 9.81. The molecule has 7 heteroatoms. The van der Waals surface area contributed by atoms with Crippen LogP contribution in [0.15, 0.2) is 12.4 Å². The number of nitriles is 1. The van der Waals surface area contributed by atoms with Crippen molar-refractivity contribution in [3.8, 4) is 6.07 Å². The van der Waals surface area contributed by atoms with Crippen LogP contribution in [0.4, 0.5) is 10.6 Å². The van der Waals surface area contributed by atoms with E-state index in [0.29, 0.717) is 23.3 Å². The van der Waals surface area contributed by atoms with E-state index in [1.807, 2.05) is 25.7 Å². The summed E-state index contributed by atoms with van der Waals surface area (Å²) in [5, 5.41) is 9.22. The van der Waals surface area contributed by atoms with Gasteiger partial charge < -0.3 is 14.5 Å². The van der Waals surface area contributed by atoms with Crippen LogP contribution in [0.1, 0.15) is 52.1 Å². The van der Waals surface area contributed by atoms with E-state index >= 15 is 0 Å². The summed E-state index contributed by atoms with van der Waals surface area (Å²) in [5.41, 5.74) is -0.0368. The molecule has 0 saturated carbocycles. The van der Waals surface area contributed by atoms with Crippen LogP contribution in [0, 0.1) is 23.2 Å². The maximum absolute atomic E-state index is 12.2. The molecule has 2 aliphatic heterocycles. The number of piperidine rings is 2. The SMILES string of the molecule is CC(C)(C)OC(=O)N1CCC(C2CCN(c3nccnc3C#N)CC2)CC1. The number of hydrogen-bond acceptors (Lipinski definition) is 6. The molecule has 7 nitrogen and oxygen atoms in total. The van der Waals surface area contributed by atoms with Crippen LogP contribution >= 0.6 is 0 Å². The molecule has 1 aromatic rings. The number of ether oxygens (including phenoxy) is 1. The zero-order valence-electron chi connectivity index (χ0n) is 16.5. The van der Waals surface area contributed by atoms with E-state index in [9.17, 15) is 10.1 Å². The van der Waals surface area contributed by atoms with E-state index in [1.54, 1.807) is 12.4 Å². The Balaban J connectivity index is 1.49. The topological polar surface area (TPSA) is 82.3 Å². The molecule has 0 aromatic carbocycles. The van der Waals surface area contributed by atoms with Gasteiger partial charge in [-0.3, -0.25) is 0 Å². The lowest BCUT2D eigenvalue weighted by molar-refractivity contribution is 0.0152. The van der Waals surface area contributed by atoms with Crippen molar-refractivity contribution >= 4 is 11.9 Å². The van der Waals surface area contributed by atoms with E-state index < -0.39 is 5.60 Å². The second-order valence-corrected chi connectivity index (χ2v) is 8.47. The average Bonchev–Trinajstić information content (AvgIpc) is 2.67. The summed E-state index contributed by atoms with van der Waals surface area (Å²) < 4.78 is 5.48. The number of carbonyl (C=O) groups is 1. The fourth-order valence-electron chi connectivity index (χ4n) is 4.10. The highest BCUT2D eigenvalue weighted by atomic mass is 16.6. The maximum atomic E-state index is 12.2. The maximum Gasteiger partial charge on any atom is 0.410 e. The van der Waals surface area contributed by atoms with Crippen molar-refractivity contribution in [1.82, 2.24) is 14.9 Å². The summed E-state index contributed by atoms with van der Waals surface area (Å²) in [6, 6.07) is 2.13. The van der Waals surface area contributed by atoms with E-state index in [0.717, 1.165) is 51.9 Å². The highest BCUT2D eigenvalue weighted by Crippen LogP contribution is 2.34. The van der Waals surface area contributed by atoms with Gasteiger partial charge in [-0.15, -0.1) is 0 Å². The summed E-state index contributed by atoms with van der Waals surface area (Å²) in [4.78, 5) is 24.7. The zero-order valence-corrected chi connectivity index (χ0v) is 16.5. The smallest absolute Gasteiger partial charge is 0.410 e. The summed E-state index contributed by atoms with van der Waals surface area (Å²) in [6.07, 6.45) is 7.29. The molecule has 1 aromatic heterocycles. The lowest BCUT2D eigenvalue weighted by atomic mass is 9.79. The zero-order chi connectivity index (χ0) is 19.4. The Bertz CT molecular complexity index is 693. The van der Waals surface area contributed by atoms with Crippen molar-refractivity contribution in [3.05, 3.63) is 18.1 Å². The molecule has 3 rings (SSSR count). The Hall–Kier alpha value is -2.36. The Labute approximate surface area is 161 Å². The van der Waals surface area contributed by atoms with Crippen molar-refractivity contribution in [2.45, 2.75) is 52.1 Å². The van der Waals surface area contributed by atoms with E-state index in [2.05, 4.69) is 20.9 Å². The van der Waals surface area contributed by atoms with E-state index in [-0.39, 0.29) is 6.09 Å². The van der Waals surface area contributed by atoms with Crippen molar-refractivity contribution < 1.29 is 9.53 Å². The number of amides is 1. The molecular formula is C20H29N5O2. The number of anilines is 1. The van der Waals surface area contributed by atoms with Gasteiger partial charge in [0.05, 0.1) is 0 Å². The fraction of sp³-hybridized carbons (Fsp3) is 0.700. The molecule has 2 fully saturated rings. The summed E-state index contributed by atoms with van der Waals surface area (Å²) in [6.45, 7) is 9.08. The highest BCUT2D eigenvalue weighted by molar-refractivity contribution is 5.68. The molecule has 0 bridgehead atoms. The second-order valence-electron chi connectivity index (χ2n) is 8.47. The average molecular weight is 371 g/mol. The number of rotatable bonds is 2. The Morgan fingerprint density at radius 3 is 2.19 bits per heavy atom. The normalized spacial score (nSPS) is 19.6. The van der Waals surface area contributed by atoms with Gasteiger partial charge in [-0.05, 0) is 58.3 Å². The van der Waals surface area contributed by atoms with Gasteiger partial charge in [-0.25, -0.2) is 14.8 Å². The summed E-state index contributed by atoms with van der Waals surface area (Å²) in [7, 11) is 0. The van der Waals surface area contributed by atoms with E-state index in [4.69, 9.17) is 4.74 Å². The Morgan fingerprint density at radius 1 is 1.07 bits per heavy atom. The van der Waals surface area contributed by atoms with Crippen LogP contribution in [0.3, 0.4) is 0 Å². The third-order valence-electron chi connectivity index (χ3n) is 5.48. The van der Waals surface area contributed by atoms with Crippen molar-refractivity contribution in [3.63, 3.8) is 0 Å². The van der Waals surface area contributed by atoms with Gasteiger partial charge in [0.15, 0.2) is 11.5 Å². The molecule has 0 aliphatic carbocycles. The molecule has 0 spiro atoms. The number of aromatic nitrogens is 2. The first kappa shape index (κ1) is 19.4. The minimum Gasteiger partial charge on any atom is -0.444 e. The molecule has 27 heavy (non-hydrogen) atoms. The number of carbonyl (C=O) groups excluding carboxylic acids is 1. The largest absolute Gasteiger partial charge is 0.444 e. The van der Waals surface area contributed by atoms with Crippen LogP contribution in [-0.4, -0.2) is 52.7 Å². The summed E-state index contributed by atoms with van der Waals surface area (Å²) in [5.74, 6) is 2.03. The van der Waals surface area contributed by atoms with Crippen LogP contribution in [0.25, 0.3) is 0 Å². The second kappa shape index (κ2) is 8.12. The predicted molar refractivity (Wildman–Crippen MR) is 102 cm³/mol. The number of nitrogens with zero attached hydrogens (tertiary/aromatic N) is 5. The molecule has 1 amide bonds. The molecule has 3 heterocycles. The van der Waals surface area contributed by atoms with Crippen LogP contribution in [0.5, 0.6) is 0 Å². The highest BCUT2D eigenvalue weighted by Gasteiger charge is 2.33. The van der Waals surface area contributed by atoms with Crippen LogP contribution < -0.4 is 4.90 Å². The molecule has 146 valence electrons. The van der Waals surface area contributed by atoms with Gasteiger partial charge in [0.1, 0.15) is 11.7 Å². The first-order valence-corrected chi connectivity index (χ1v) is 9.81. The van der Waals surface area contributed by atoms with Gasteiger partial charge in [-0.1, -0.05) is 0 Å². The monoisotopic (exact) mass is 371 g/mol. The predicted octanol–water partition coefficient (Wildman–Crippen LogP) is 3.21.